The molecule has 0 aliphatic rings. The highest BCUT2D eigenvalue weighted by molar-refractivity contribution is 7.99. The summed E-state index contributed by atoms with van der Waals surface area (Å²) in [5, 5.41) is 3.52. The zero-order valence-corrected chi connectivity index (χ0v) is 10.4. The van der Waals surface area contributed by atoms with Crippen molar-refractivity contribution in [1.29, 1.82) is 0 Å². The fourth-order valence-electron chi connectivity index (χ4n) is 1.37. The van der Waals surface area contributed by atoms with E-state index in [1.807, 2.05) is 24.2 Å². The molecule has 1 aromatic rings. The lowest BCUT2D eigenvalue weighted by atomic mass is 10.2. The molecule has 0 aliphatic carbocycles. The van der Waals surface area contributed by atoms with Crippen molar-refractivity contribution in [3.05, 3.63) is 30.1 Å². The van der Waals surface area contributed by atoms with Crippen molar-refractivity contribution in [3.63, 3.8) is 0 Å². The minimum Gasteiger partial charge on any atom is -0.313 e. The predicted octanol–water partition coefficient (Wildman–Crippen LogP) is 2.36. The zero-order valence-electron chi connectivity index (χ0n) is 9.57. The fraction of sp³-hybridized carbons (Fsp3) is 0.583. The Kier molecular flexibility index (Phi) is 6.44. The van der Waals surface area contributed by atoms with Gasteiger partial charge in [-0.05, 0) is 43.3 Å². The van der Waals surface area contributed by atoms with Gasteiger partial charge in [0.25, 0.3) is 0 Å². The van der Waals surface area contributed by atoms with E-state index in [2.05, 4.69) is 36.3 Å². The second kappa shape index (κ2) is 7.71. The Bertz CT molecular complexity index is 251. The van der Waals surface area contributed by atoms with Crippen molar-refractivity contribution in [1.82, 2.24) is 10.3 Å². The molecule has 0 amide bonds. The molecule has 3 heteroatoms. The van der Waals surface area contributed by atoms with E-state index in [0.29, 0.717) is 6.04 Å². The van der Waals surface area contributed by atoms with Crippen LogP contribution in [0.4, 0.5) is 0 Å². The first kappa shape index (κ1) is 12.5. The maximum atomic E-state index is 4.01. The molecule has 1 atom stereocenters. The summed E-state index contributed by atoms with van der Waals surface area (Å²) in [4.78, 5) is 4.01. The van der Waals surface area contributed by atoms with Crippen LogP contribution in [0.25, 0.3) is 0 Å². The number of nitrogens with zero attached hydrogens (tertiary/aromatic N) is 1. The third-order valence-electron chi connectivity index (χ3n) is 2.23. The summed E-state index contributed by atoms with van der Waals surface area (Å²) in [6.45, 7) is 5.50. The zero-order chi connectivity index (χ0) is 10.9. The van der Waals surface area contributed by atoms with Crippen LogP contribution < -0.4 is 5.32 Å². The quantitative estimate of drug-likeness (QED) is 0.769. The lowest BCUT2D eigenvalue weighted by molar-refractivity contribution is 0.597. The lowest BCUT2D eigenvalue weighted by Crippen LogP contribution is -2.30. The molecular weight excluding hydrogens is 204 g/mol. The van der Waals surface area contributed by atoms with E-state index in [4.69, 9.17) is 0 Å². The van der Waals surface area contributed by atoms with Gasteiger partial charge in [0.05, 0.1) is 0 Å². The molecule has 1 rings (SSSR count). The topological polar surface area (TPSA) is 24.9 Å². The highest BCUT2D eigenvalue weighted by Crippen LogP contribution is 2.01. The van der Waals surface area contributed by atoms with E-state index in [0.717, 1.165) is 13.0 Å². The average Bonchev–Trinajstić information content (AvgIpc) is 2.28. The smallest absolute Gasteiger partial charge is 0.0270 e. The van der Waals surface area contributed by atoms with E-state index < -0.39 is 0 Å². The van der Waals surface area contributed by atoms with Crippen LogP contribution in [0.3, 0.4) is 0 Å². The van der Waals surface area contributed by atoms with Crippen molar-refractivity contribution in [2.45, 2.75) is 26.3 Å². The molecule has 0 fully saturated rings. The van der Waals surface area contributed by atoms with Gasteiger partial charge in [-0.1, -0.05) is 6.92 Å². The minimum atomic E-state index is 0.608. The first-order chi connectivity index (χ1) is 7.33. The van der Waals surface area contributed by atoms with Crippen LogP contribution in [-0.2, 0) is 6.42 Å². The Morgan fingerprint density at radius 1 is 1.40 bits per heavy atom. The van der Waals surface area contributed by atoms with Gasteiger partial charge in [0, 0.05) is 24.2 Å². The van der Waals surface area contributed by atoms with Crippen LogP contribution >= 0.6 is 11.8 Å². The van der Waals surface area contributed by atoms with Crippen LogP contribution in [-0.4, -0.2) is 29.1 Å². The van der Waals surface area contributed by atoms with Gasteiger partial charge in [-0.3, -0.25) is 4.98 Å². The van der Waals surface area contributed by atoms with Crippen molar-refractivity contribution in [2.75, 3.05) is 18.1 Å². The van der Waals surface area contributed by atoms with Gasteiger partial charge in [0.15, 0.2) is 0 Å². The molecule has 1 aromatic heterocycles. The molecule has 0 aromatic carbocycles. The molecule has 0 spiro atoms. The molecule has 1 heterocycles. The second-order valence-corrected chi connectivity index (χ2v) is 4.94. The number of pyridine rings is 1. The van der Waals surface area contributed by atoms with Gasteiger partial charge < -0.3 is 5.32 Å². The number of hydrogen-bond acceptors (Lipinski definition) is 3. The minimum absolute atomic E-state index is 0.608. The fourth-order valence-corrected chi connectivity index (χ4v) is 2.07. The highest BCUT2D eigenvalue weighted by Gasteiger charge is 1.99. The van der Waals surface area contributed by atoms with Crippen molar-refractivity contribution in [3.8, 4) is 0 Å². The van der Waals surface area contributed by atoms with E-state index in [9.17, 15) is 0 Å². The number of hydrogen-bond donors (Lipinski definition) is 1. The van der Waals surface area contributed by atoms with Crippen LogP contribution in [0.5, 0.6) is 0 Å². The Morgan fingerprint density at radius 2 is 2.13 bits per heavy atom. The molecule has 0 aliphatic heterocycles. The maximum Gasteiger partial charge on any atom is 0.0270 e. The van der Waals surface area contributed by atoms with Gasteiger partial charge in [-0.2, -0.15) is 11.8 Å². The average molecular weight is 224 g/mol. The molecule has 1 unspecified atom stereocenters. The van der Waals surface area contributed by atoms with E-state index in [-0.39, 0.29) is 0 Å². The van der Waals surface area contributed by atoms with Gasteiger partial charge in [0.1, 0.15) is 0 Å². The molecule has 0 saturated carbocycles. The number of aromatic nitrogens is 1. The molecule has 1 N–H and O–H groups in total. The molecule has 0 bridgehead atoms. The normalized spacial score (nSPS) is 12.7. The molecule has 2 nitrogen and oxygen atoms in total. The molecule has 84 valence electrons. The Balaban J connectivity index is 2.11. The molecule has 0 radical (unpaired) electrons. The summed E-state index contributed by atoms with van der Waals surface area (Å²) >= 11 is 1.99. The van der Waals surface area contributed by atoms with E-state index in [1.54, 1.807) is 0 Å². The predicted molar refractivity (Wildman–Crippen MR) is 68.4 cm³/mol. The first-order valence-electron chi connectivity index (χ1n) is 5.53. The summed E-state index contributed by atoms with van der Waals surface area (Å²) in [5.74, 6) is 2.41. The Hall–Kier alpha value is -0.540. The van der Waals surface area contributed by atoms with Gasteiger partial charge >= 0.3 is 0 Å². The molecule has 15 heavy (non-hydrogen) atoms. The lowest BCUT2D eigenvalue weighted by Gasteiger charge is -2.12. The summed E-state index contributed by atoms with van der Waals surface area (Å²) in [6, 6.07) is 4.76. The highest BCUT2D eigenvalue weighted by atomic mass is 32.2. The first-order valence-corrected chi connectivity index (χ1v) is 6.68. The number of rotatable bonds is 7. The largest absolute Gasteiger partial charge is 0.313 e. The monoisotopic (exact) mass is 224 g/mol. The standard InChI is InChI=1S/C12H20N2S/c1-3-15-10-11(2)14-9-6-12-4-7-13-8-5-12/h4-5,7-8,11,14H,3,6,9-10H2,1-2H3. The number of thioether (sulfide) groups is 1. The van der Waals surface area contributed by atoms with E-state index in [1.165, 1.54) is 17.1 Å². The summed E-state index contributed by atoms with van der Waals surface area (Å²) in [5.41, 5.74) is 1.35. The van der Waals surface area contributed by atoms with Gasteiger partial charge in [-0.15, -0.1) is 0 Å². The third-order valence-corrected chi connectivity index (χ3v) is 3.37. The molecular formula is C12H20N2S. The van der Waals surface area contributed by atoms with Crippen molar-refractivity contribution < 1.29 is 0 Å². The van der Waals surface area contributed by atoms with Crippen molar-refractivity contribution >= 4 is 11.8 Å². The van der Waals surface area contributed by atoms with Gasteiger partial charge in [0.2, 0.25) is 0 Å². The summed E-state index contributed by atoms with van der Waals surface area (Å²) < 4.78 is 0. The molecule has 0 saturated heterocycles. The number of nitrogens with one attached hydrogen (secondary N) is 1. The van der Waals surface area contributed by atoms with Crippen LogP contribution in [0.15, 0.2) is 24.5 Å². The van der Waals surface area contributed by atoms with Crippen molar-refractivity contribution in [2.24, 2.45) is 0 Å². The summed E-state index contributed by atoms with van der Waals surface area (Å²) in [6.07, 6.45) is 4.79. The Morgan fingerprint density at radius 3 is 2.80 bits per heavy atom. The van der Waals surface area contributed by atoms with E-state index >= 15 is 0 Å². The van der Waals surface area contributed by atoms with Crippen LogP contribution in [0, 0.1) is 0 Å². The second-order valence-electron chi connectivity index (χ2n) is 3.62. The third kappa shape index (κ3) is 5.80. The van der Waals surface area contributed by atoms with Crippen LogP contribution in [0.1, 0.15) is 19.4 Å². The van der Waals surface area contributed by atoms with Gasteiger partial charge in [-0.25, -0.2) is 0 Å². The SMILES string of the molecule is CCSCC(C)NCCc1ccncc1. The van der Waals surface area contributed by atoms with Crippen LogP contribution in [0.2, 0.25) is 0 Å². The summed E-state index contributed by atoms with van der Waals surface area (Å²) in [7, 11) is 0. The maximum absolute atomic E-state index is 4.01. The Labute approximate surface area is 96.9 Å².